The lowest BCUT2D eigenvalue weighted by molar-refractivity contribution is 0.129. The molecular weight excluding hydrogens is 192 g/mol. The smallest absolute Gasteiger partial charge is 0.1000 e. The Bertz CT molecular complexity index is 307. The van der Waals surface area contributed by atoms with E-state index in [2.05, 4.69) is 5.10 Å². The molecule has 1 atom stereocenters. The van der Waals surface area contributed by atoms with Crippen LogP contribution in [-0.2, 0) is 6.54 Å². The Morgan fingerprint density at radius 1 is 1.53 bits per heavy atom. The SMILES string of the molecule is OCCC(O)c1ccn(CC2CCC2)n1. The number of rotatable bonds is 5. The summed E-state index contributed by atoms with van der Waals surface area (Å²) in [7, 11) is 0. The third-order valence-electron chi connectivity index (χ3n) is 3.08. The number of nitrogens with zero attached hydrogens (tertiary/aromatic N) is 2. The number of aliphatic hydroxyl groups excluding tert-OH is 2. The highest BCUT2D eigenvalue weighted by molar-refractivity contribution is 5.02. The summed E-state index contributed by atoms with van der Waals surface area (Å²) in [6, 6.07) is 1.83. The van der Waals surface area contributed by atoms with Crippen molar-refractivity contribution in [3.05, 3.63) is 18.0 Å². The van der Waals surface area contributed by atoms with Crippen LogP contribution < -0.4 is 0 Å². The highest BCUT2D eigenvalue weighted by Crippen LogP contribution is 2.27. The molecule has 1 fully saturated rings. The molecule has 1 aromatic heterocycles. The summed E-state index contributed by atoms with van der Waals surface area (Å²) in [6.07, 6.45) is 5.58. The second-order valence-electron chi connectivity index (χ2n) is 4.29. The van der Waals surface area contributed by atoms with Gasteiger partial charge in [0, 0.05) is 25.8 Å². The van der Waals surface area contributed by atoms with Gasteiger partial charge in [0.05, 0.1) is 11.8 Å². The van der Waals surface area contributed by atoms with Crippen molar-refractivity contribution in [1.29, 1.82) is 0 Å². The molecule has 0 bridgehead atoms. The zero-order valence-electron chi connectivity index (χ0n) is 8.84. The largest absolute Gasteiger partial charge is 0.396 e. The van der Waals surface area contributed by atoms with Gasteiger partial charge in [0.2, 0.25) is 0 Å². The molecule has 2 rings (SSSR count). The van der Waals surface area contributed by atoms with Crippen LogP contribution in [0.2, 0.25) is 0 Å². The molecule has 4 heteroatoms. The maximum absolute atomic E-state index is 9.60. The van der Waals surface area contributed by atoms with Crippen molar-refractivity contribution in [3.8, 4) is 0 Å². The molecule has 0 aliphatic heterocycles. The van der Waals surface area contributed by atoms with Gasteiger partial charge in [0.15, 0.2) is 0 Å². The Morgan fingerprint density at radius 2 is 2.33 bits per heavy atom. The van der Waals surface area contributed by atoms with Crippen LogP contribution in [0.25, 0.3) is 0 Å². The van der Waals surface area contributed by atoms with E-state index in [0.717, 1.165) is 12.5 Å². The number of hydrogen-bond acceptors (Lipinski definition) is 3. The minimum absolute atomic E-state index is 0.00332. The first-order valence-corrected chi connectivity index (χ1v) is 5.62. The predicted octanol–water partition coefficient (Wildman–Crippen LogP) is 1.10. The topological polar surface area (TPSA) is 58.3 Å². The highest BCUT2D eigenvalue weighted by atomic mass is 16.3. The molecule has 0 spiro atoms. The minimum Gasteiger partial charge on any atom is -0.396 e. The number of aliphatic hydroxyl groups is 2. The normalized spacial score (nSPS) is 18.8. The zero-order chi connectivity index (χ0) is 10.7. The summed E-state index contributed by atoms with van der Waals surface area (Å²) >= 11 is 0. The zero-order valence-corrected chi connectivity index (χ0v) is 8.84. The highest BCUT2D eigenvalue weighted by Gasteiger charge is 2.18. The molecule has 84 valence electrons. The molecule has 15 heavy (non-hydrogen) atoms. The van der Waals surface area contributed by atoms with Gasteiger partial charge in [-0.2, -0.15) is 5.10 Å². The van der Waals surface area contributed by atoms with E-state index in [1.165, 1.54) is 19.3 Å². The first kappa shape index (κ1) is 10.6. The third kappa shape index (κ3) is 2.58. The van der Waals surface area contributed by atoms with Crippen molar-refractivity contribution in [2.75, 3.05) is 6.61 Å². The van der Waals surface area contributed by atoms with Crippen molar-refractivity contribution in [1.82, 2.24) is 9.78 Å². The summed E-state index contributed by atoms with van der Waals surface area (Å²) in [6.45, 7) is 0.961. The first-order chi connectivity index (χ1) is 7.29. The lowest BCUT2D eigenvalue weighted by Gasteiger charge is -2.24. The fourth-order valence-electron chi connectivity index (χ4n) is 1.87. The standard InChI is InChI=1S/C11H18N2O2/c14-7-5-11(15)10-4-6-13(12-10)8-9-2-1-3-9/h4,6,9,11,14-15H,1-3,5,7-8H2. The van der Waals surface area contributed by atoms with Crippen LogP contribution in [0.1, 0.15) is 37.5 Å². The van der Waals surface area contributed by atoms with E-state index in [-0.39, 0.29) is 6.61 Å². The van der Waals surface area contributed by atoms with Crippen LogP contribution in [0.3, 0.4) is 0 Å². The Balaban J connectivity index is 1.90. The molecule has 1 heterocycles. The molecule has 1 aliphatic carbocycles. The third-order valence-corrected chi connectivity index (χ3v) is 3.08. The molecule has 0 saturated heterocycles. The van der Waals surface area contributed by atoms with Gasteiger partial charge in [-0.1, -0.05) is 6.42 Å². The number of hydrogen-bond donors (Lipinski definition) is 2. The monoisotopic (exact) mass is 210 g/mol. The first-order valence-electron chi connectivity index (χ1n) is 5.62. The Hall–Kier alpha value is -0.870. The van der Waals surface area contributed by atoms with Crippen LogP contribution in [0, 0.1) is 5.92 Å². The maximum Gasteiger partial charge on any atom is 0.1000 e. The van der Waals surface area contributed by atoms with Gasteiger partial charge in [-0.05, 0) is 24.8 Å². The van der Waals surface area contributed by atoms with Crippen LogP contribution in [0.5, 0.6) is 0 Å². The van der Waals surface area contributed by atoms with Gasteiger partial charge in [0.25, 0.3) is 0 Å². The Labute approximate surface area is 89.5 Å². The fraction of sp³-hybridized carbons (Fsp3) is 0.727. The van der Waals surface area contributed by atoms with E-state index >= 15 is 0 Å². The molecule has 1 aliphatic rings. The molecular formula is C11H18N2O2. The van der Waals surface area contributed by atoms with Gasteiger partial charge in [0.1, 0.15) is 0 Å². The van der Waals surface area contributed by atoms with Gasteiger partial charge >= 0.3 is 0 Å². The van der Waals surface area contributed by atoms with Crippen molar-refractivity contribution >= 4 is 0 Å². The van der Waals surface area contributed by atoms with E-state index in [1.54, 1.807) is 0 Å². The van der Waals surface area contributed by atoms with Crippen LogP contribution in [-0.4, -0.2) is 26.6 Å². The van der Waals surface area contributed by atoms with Crippen molar-refractivity contribution in [2.24, 2.45) is 5.92 Å². The maximum atomic E-state index is 9.60. The average Bonchev–Trinajstić information content (AvgIpc) is 2.60. The van der Waals surface area contributed by atoms with Gasteiger partial charge in [-0.15, -0.1) is 0 Å². The van der Waals surface area contributed by atoms with Crippen molar-refractivity contribution < 1.29 is 10.2 Å². The van der Waals surface area contributed by atoms with Gasteiger partial charge in [-0.3, -0.25) is 4.68 Å². The van der Waals surface area contributed by atoms with Crippen LogP contribution in [0.15, 0.2) is 12.3 Å². The van der Waals surface area contributed by atoms with Crippen molar-refractivity contribution in [3.63, 3.8) is 0 Å². The van der Waals surface area contributed by atoms with Gasteiger partial charge in [-0.25, -0.2) is 0 Å². The second kappa shape index (κ2) is 4.77. The molecule has 1 aromatic rings. The summed E-state index contributed by atoms with van der Waals surface area (Å²) in [5, 5.41) is 22.6. The van der Waals surface area contributed by atoms with Gasteiger partial charge < -0.3 is 10.2 Å². The fourth-order valence-corrected chi connectivity index (χ4v) is 1.87. The Morgan fingerprint density at radius 3 is 2.93 bits per heavy atom. The minimum atomic E-state index is -0.627. The predicted molar refractivity (Wildman–Crippen MR) is 56.2 cm³/mol. The van der Waals surface area contributed by atoms with E-state index in [1.807, 2.05) is 16.9 Å². The molecule has 0 radical (unpaired) electrons. The molecule has 2 N–H and O–H groups in total. The van der Waals surface area contributed by atoms with E-state index < -0.39 is 6.10 Å². The Kier molecular flexibility index (Phi) is 3.38. The summed E-state index contributed by atoms with van der Waals surface area (Å²) in [5.41, 5.74) is 0.670. The average molecular weight is 210 g/mol. The van der Waals surface area contributed by atoms with Crippen molar-refractivity contribution in [2.45, 2.75) is 38.3 Å². The molecule has 4 nitrogen and oxygen atoms in total. The number of aromatic nitrogens is 2. The van der Waals surface area contributed by atoms with Crippen LogP contribution >= 0.6 is 0 Å². The summed E-state index contributed by atoms with van der Waals surface area (Å²) in [4.78, 5) is 0. The molecule has 0 aromatic carbocycles. The lowest BCUT2D eigenvalue weighted by Crippen LogP contribution is -2.18. The quantitative estimate of drug-likeness (QED) is 0.765. The molecule has 1 unspecified atom stereocenters. The lowest BCUT2D eigenvalue weighted by atomic mass is 9.85. The summed E-state index contributed by atoms with van der Waals surface area (Å²) < 4.78 is 1.90. The van der Waals surface area contributed by atoms with E-state index in [0.29, 0.717) is 12.1 Å². The molecule has 0 amide bonds. The van der Waals surface area contributed by atoms with Crippen LogP contribution in [0.4, 0.5) is 0 Å². The van der Waals surface area contributed by atoms with E-state index in [9.17, 15) is 5.11 Å². The summed E-state index contributed by atoms with van der Waals surface area (Å²) in [5.74, 6) is 0.771. The molecule has 1 saturated carbocycles. The second-order valence-corrected chi connectivity index (χ2v) is 4.29. The van der Waals surface area contributed by atoms with E-state index in [4.69, 9.17) is 5.11 Å².